The van der Waals surface area contributed by atoms with E-state index < -0.39 is 16.0 Å². The van der Waals surface area contributed by atoms with Gasteiger partial charge in [0, 0.05) is 18.8 Å². The monoisotopic (exact) mass is 438 g/mol. The van der Waals surface area contributed by atoms with Gasteiger partial charge in [-0.05, 0) is 67.8 Å². The van der Waals surface area contributed by atoms with E-state index in [9.17, 15) is 18.3 Å². The molecule has 0 fully saturated rings. The third-order valence-electron chi connectivity index (χ3n) is 4.92. The number of sulfonamides is 1. The third kappa shape index (κ3) is 5.44. The molecule has 31 heavy (non-hydrogen) atoms. The molecule has 0 amide bonds. The molecule has 0 aliphatic heterocycles. The number of aromatic carboxylic acids is 1. The molecule has 162 valence electrons. The Labute approximate surface area is 183 Å². The van der Waals surface area contributed by atoms with Crippen LogP contribution >= 0.6 is 0 Å². The van der Waals surface area contributed by atoms with Gasteiger partial charge in [-0.1, -0.05) is 36.4 Å². The van der Waals surface area contributed by atoms with Crippen molar-refractivity contribution in [2.24, 2.45) is 0 Å². The Bertz CT molecular complexity index is 1170. The highest BCUT2D eigenvalue weighted by atomic mass is 32.2. The smallest absolute Gasteiger partial charge is 0.337 e. The predicted molar refractivity (Wildman–Crippen MR) is 123 cm³/mol. The topological polar surface area (TPSA) is 86.7 Å². The summed E-state index contributed by atoms with van der Waals surface area (Å²) < 4.78 is 28.2. The molecule has 0 unspecified atom stereocenters. The van der Waals surface area contributed by atoms with E-state index in [0.717, 1.165) is 16.7 Å². The number of rotatable bonds is 8. The van der Waals surface area contributed by atoms with Gasteiger partial charge in [-0.3, -0.25) is 4.72 Å². The number of carboxylic acids is 1. The van der Waals surface area contributed by atoms with Crippen molar-refractivity contribution < 1.29 is 18.3 Å². The van der Waals surface area contributed by atoms with Gasteiger partial charge in [-0.2, -0.15) is 0 Å². The lowest BCUT2D eigenvalue weighted by Crippen LogP contribution is -2.24. The molecule has 0 saturated carbocycles. The minimum absolute atomic E-state index is 0.0402. The molecule has 0 saturated heterocycles. The average molecular weight is 439 g/mol. The molecule has 0 heterocycles. The second kappa shape index (κ2) is 9.22. The van der Waals surface area contributed by atoms with Crippen molar-refractivity contribution in [3.63, 3.8) is 0 Å². The Morgan fingerprint density at radius 3 is 2.19 bits per heavy atom. The van der Waals surface area contributed by atoms with E-state index in [0.29, 0.717) is 18.8 Å². The van der Waals surface area contributed by atoms with Gasteiger partial charge in [-0.25, -0.2) is 13.2 Å². The van der Waals surface area contributed by atoms with Gasteiger partial charge in [0.05, 0.1) is 16.1 Å². The minimum atomic E-state index is -3.84. The van der Waals surface area contributed by atoms with Crippen molar-refractivity contribution in [2.45, 2.75) is 32.2 Å². The molecule has 0 bridgehead atoms. The average Bonchev–Trinajstić information content (AvgIpc) is 2.72. The van der Waals surface area contributed by atoms with E-state index in [1.807, 2.05) is 62.1 Å². The summed E-state index contributed by atoms with van der Waals surface area (Å²) in [5.74, 6) is -1.12. The number of benzene rings is 3. The maximum absolute atomic E-state index is 12.8. The van der Waals surface area contributed by atoms with Gasteiger partial charge in [0.25, 0.3) is 10.0 Å². The van der Waals surface area contributed by atoms with Crippen molar-refractivity contribution in [2.75, 3.05) is 16.2 Å². The van der Waals surface area contributed by atoms with Crippen molar-refractivity contribution in [3.05, 3.63) is 89.0 Å². The van der Waals surface area contributed by atoms with Gasteiger partial charge in [0.15, 0.2) is 0 Å². The summed E-state index contributed by atoms with van der Waals surface area (Å²) in [5.41, 5.74) is 3.51. The Balaban J connectivity index is 1.93. The molecule has 3 rings (SSSR count). The first-order chi connectivity index (χ1) is 14.7. The zero-order valence-electron chi connectivity index (χ0n) is 17.8. The van der Waals surface area contributed by atoms with E-state index >= 15 is 0 Å². The number of nitrogens with one attached hydrogen (secondary N) is 1. The van der Waals surface area contributed by atoms with E-state index in [2.05, 4.69) is 4.72 Å². The van der Waals surface area contributed by atoms with Crippen molar-refractivity contribution in [1.82, 2.24) is 0 Å². The lowest BCUT2D eigenvalue weighted by molar-refractivity contribution is 0.0697. The van der Waals surface area contributed by atoms with E-state index in [4.69, 9.17) is 0 Å². The molecule has 0 radical (unpaired) electrons. The minimum Gasteiger partial charge on any atom is -0.478 e. The molecule has 0 aliphatic carbocycles. The van der Waals surface area contributed by atoms with Crippen LogP contribution in [0.4, 0.5) is 11.4 Å². The van der Waals surface area contributed by atoms with Crippen LogP contribution in [0.5, 0.6) is 0 Å². The SMILES string of the molecule is CCN(Cc1ccccc1)c1ccc(NS(=O)(=O)c2cc(C)cc(C)c2)cc1C(=O)O. The summed E-state index contributed by atoms with van der Waals surface area (Å²) in [6.07, 6.45) is 0. The molecular weight excluding hydrogens is 412 g/mol. The van der Waals surface area contributed by atoms with Crippen LogP contribution in [0.15, 0.2) is 71.6 Å². The Morgan fingerprint density at radius 1 is 0.968 bits per heavy atom. The molecule has 3 aromatic rings. The molecule has 0 aromatic heterocycles. The van der Waals surface area contributed by atoms with Crippen LogP contribution in [-0.4, -0.2) is 26.0 Å². The van der Waals surface area contributed by atoms with Crippen molar-refractivity contribution >= 4 is 27.4 Å². The molecule has 0 spiro atoms. The Kier molecular flexibility index (Phi) is 6.65. The van der Waals surface area contributed by atoms with Crippen molar-refractivity contribution in [1.29, 1.82) is 0 Å². The normalized spacial score (nSPS) is 11.2. The lowest BCUT2D eigenvalue weighted by atomic mass is 10.1. The van der Waals surface area contributed by atoms with Gasteiger partial charge in [0.1, 0.15) is 0 Å². The van der Waals surface area contributed by atoms with Crippen LogP contribution < -0.4 is 9.62 Å². The lowest BCUT2D eigenvalue weighted by Gasteiger charge is -2.25. The quantitative estimate of drug-likeness (QED) is 0.526. The molecule has 6 nitrogen and oxygen atoms in total. The fraction of sp³-hybridized carbons (Fsp3) is 0.208. The highest BCUT2D eigenvalue weighted by Crippen LogP contribution is 2.28. The second-order valence-electron chi connectivity index (χ2n) is 7.47. The van der Waals surface area contributed by atoms with Crippen LogP contribution in [0, 0.1) is 13.8 Å². The summed E-state index contributed by atoms with van der Waals surface area (Å²) in [5, 5.41) is 9.78. The number of nitrogens with zero attached hydrogens (tertiary/aromatic N) is 1. The Morgan fingerprint density at radius 2 is 1.61 bits per heavy atom. The number of hydrogen-bond acceptors (Lipinski definition) is 4. The maximum atomic E-state index is 12.8. The van der Waals surface area contributed by atoms with Gasteiger partial charge < -0.3 is 10.0 Å². The largest absolute Gasteiger partial charge is 0.478 e. The number of aryl methyl sites for hydroxylation is 2. The highest BCUT2D eigenvalue weighted by Gasteiger charge is 2.20. The molecule has 0 atom stereocenters. The van der Waals surface area contributed by atoms with Crippen LogP contribution in [-0.2, 0) is 16.6 Å². The highest BCUT2D eigenvalue weighted by molar-refractivity contribution is 7.92. The summed E-state index contributed by atoms with van der Waals surface area (Å²) in [4.78, 5) is 14.1. The number of anilines is 2. The van der Waals surface area contributed by atoms with Gasteiger partial charge in [0.2, 0.25) is 0 Å². The third-order valence-corrected chi connectivity index (χ3v) is 6.28. The fourth-order valence-electron chi connectivity index (χ4n) is 3.52. The molecule has 2 N–H and O–H groups in total. The Hall–Kier alpha value is -3.32. The fourth-order valence-corrected chi connectivity index (χ4v) is 4.76. The zero-order valence-corrected chi connectivity index (χ0v) is 18.6. The van der Waals surface area contributed by atoms with E-state index in [1.54, 1.807) is 24.3 Å². The number of carboxylic acid groups (broad SMARTS) is 1. The van der Waals surface area contributed by atoms with Crippen molar-refractivity contribution in [3.8, 4) is 0 Å². The van der Waals surface area contributed by atoms with Gasteiger partial charge in [-0.15, -0.1) is 0 Å². The first-order valence-corrected chi connectivity index (χ1v) is 11.4. The van der Waals surface area contributed by atoms with Gasteiger partial charge >= 0.3 is 5.97 Å². The second-order valence-corrected chi connectivity index (χ2v) is 9.15. The van der Waals surface area contributed by atoms with Crippen LogP contribution in [0.25, 0.3) is 0 Å². The molecule has 3 aromatic carbocycles. The maximum Gasteiger partial charge on any atom is 0.337 e. The summed E-state index contributed by atoms with van der Waals surface area (Å²) >= 11 is 0. The molecule has 0 aliphatic rings. The van der Waals surface area contributed by atoms with E-state index in [-0.39, 0.29) is 16.1 Å². The number of carbonyl (C=O) groups is 1. The summed E-state index contributed by atoms with van der Waals surface area (Å²) in [7, 11) is -3.84. The molecular formula is C24H26N2O4S. The van der Waals surface area contributed by atoms with Crippen LogP contribution in [0.2, 0.25) is 0 Å². The molecule has 7 heteroatoms. The summed E-state index contributed by atoms with van der Waals surface area (Å²) in [6, 6.07) is 19.4. The number of hydrogen-bond donors (Lipinski definition) is 2. The standard InChI is InChI=1S/C24H26N2O4S/c1-4-26(16-19-8-6-5-7-9-19)23-11-10-20(15-22(23)24(27)28)25-31(29,30)21-13-17(2)12-18(3)14-21/h5-15,25H,4,16H2,1-3H3,(H,27,28). The zero-order chi connectivity index (χ0) is 22.6. The van der Waals surface area contributed by atoms with Crippen LogP contribution in [0.1, 0.15) is 34.0 Å². The summed E-state index contributed by atoms with van der Waals surface area (Å²) in [6.45, 7) is 6.75. The predicted octanol–water partition coefficient (Wildman–Crippen LogP) is 4.83. The first kappa shape index (κ1) is 22.4. The first-order valence-electron chi connectivity index (χ1n) is 9.97. The van der Waals surface area contributed by atoms with Crippen LogP contribution in [0.3, 0.4) is 0 Å². The van der Waals surface area contributed by atoms with E-state index in [1.165, 1.54) is 6.07 Å².